The van der Waals surface area contributed by atoms with Crippen molar-refractivity contribution in [3.8, 4) is 0 Å². The van der Waals surface area contributed by atoms with Crippen molar-refractivity contribution in [2.75, 3.05) is 12.4 Å². The van der Waals surface area contributed by atoms with E-state index in [1.165, 1.54) is 7.11 Å². The normalized spacial score (nSPS) is 21.4. The number of carbonyl (C=O) groups excluding carboxylic acids is 2. The van der Waals surface area contributed by atoms with Crippen molar-refractivity contribution in [2.24, 2.45) is 5.92 Å². The van der Waals surface area contributed by atoms with Crippen molar-refractivity contribution in [3.05, 3.63) is 29.8 Å². The largest absolute Gasteiger partial charge is 0.468 e. The average molecular weight is 233 g/mol. The Kier molecular flexibility index (Phi) is 2.65. The van der Waals surface area contributed by atoms with Crippen molar-refractivity contribution in [1.82, 2.24) is 0 Å². The van der Waals surface area contributed by atoms with E-state index >= 15 is 0 Å². The van der Waals surface area contributed by atoms with Gasteiger partial charge in [-0.25, -0.2) is 0 Å². The summed E-state index contributed by atoms with van der Waals surface area (Å²) in [5.41, 5.74) is 1.16. The SMILES string of the molecule is COC(=O)C1C(=O)Nc2ccccc2C1(C)C. The van der Waals surface area contributed by atoms with Crippen LogP contribution in [0.2, 0.25) is 0 Å². The quantitative estimate of drug-likeness (QED) is 0.593. The molecule has 1 N–H and O–H groups in total. The number of hydrogen-bond acceptors (Lipinski definition) is 3. The van der Waals surface area contributed by atoms with Gasteiger partial charge in [-0.1, -0.05) is 32.0 Å². The van der Waals surface area contributed by atoms with Crippen LogP contribution in [0.3, 0.4) is 0 Å². The molecule has 0 fully saturated rings. The molecule has 1 aliphatic heterocycles. The number of para-hydroxylation sites is 1. The molecule has 0 saturated carbocycles. The summed E-state index contributed by atoms with van der Waals surface area (Å²) in [6, 6.07) is 7.51. The average Bonchev–Trinajstić information content (AvgIpc) is 2.28. The maximum Gasteiger partial charge on any atom is 0.319 e. The maximum atomic E-state index is 12.0. The summed E-state index contributed by atoms with van der Waals surface area (Å²) in [5.74, 6) is -1.61. The van der Waals surface area contributed by atoms with Gasteiger partial charge in [0.2, 0.25) is 5.91 Å². The van der Waals surface area contributed by atoms with Gasteiger partial charge >= 0.3 is 5.97 Å². The first-order valence-corrected chi connectivity index (χ1v) is 5.46. The van der Waals surface area contributed by atoms with E-state index in [1.54, 1.807) is 0 Å². The van der Waals surface area contributed by atoms with E-state index in [-0.39, 0.29) is 5.91 Å². The van der Waals surface area contributed by atoms with Gasteiger partial charge in [-0.15, -0.1) is 0 Å². The van der Waals surface area contributed by atoms with Crippen LogP contribution >= 0.6 is 0 Å². The second kappa shape index (κ2) is 3.87. The number of anilines is 1. The number of carbonyl (C=O) groups is 2. The van der Waals surface area contributed by atoms with Gasteiger partial charge in [0, 0.05) is 11.1 Å². The number of benzene rings is 1. The number of fused-ring (bicyclic) bond motifs is 1. The second-order valence-corrected chi connectivity index (χ2v) is 4.71. The molecule has 1 atom stereocenters. The van der Waals surface area contributed by atoms with Gasteiger partial charge in [-0.05, 0) is 11.6 Å². The fraction of sp³-hybridized carbons (Fsp3) is 0.385. The molecule has 1 heterocycles. The number of amides is 1. The molecule has 2 rings (SSSR count). The van der Waals surface area contributed by atoms with Crippen LogP contribution in [0.1, 0.15) is 19.4 Å². The Labute approximate surface area is 100.0 Å². The number of nitrogens with one attached hydrogen (secondary N) is 1. The molecule has 1 aromatic carbocycles. The zero-order valence-electron chi connectivity index (χ0n) is 10.1. The molecule has 0 spiro atoms. The lowest BCUT2D eigenvalue weighted by Gasteiger charge is -2.37. The van der Waals surface area contributed by atoms with Gasteiger partial charge < -0.3 is 10.1 Å². The van der Waals surface area contributed by atoms with E-state index in [2.05, 4.69) is 5.32 Å². The molecule has 0 bridgehead atoms. The van der Waals surface area contributed by atoms with Gasteiger partial charge in [0.05, 0.1) is 7.11 Å². The number of esters is 1. The summed E-state index contributed by atoms with van der Waals surface area (Å²) in [6.45, 7) is 3.76. The molecule has 0 radical (unpaired) electrons. The molecule has 1 aliphatic rings. The molecular weight excluding hydrogens is 218 g/mol. The molecular formula is C13H15NO3. The number of hydrogen-bond donors (Lipinski definition) is 1. The minimum absolute atomic E-state index is 0.305. The Balaban J connectivity index is 2.54. The van der Waals surface area contributed by atoms with Crippen LogP contribution in [0.4, 0.5) is 5.69 Å². The number of methoxy groups -OCH3 is 1. The molecule has 1 aromatic rings. The molecule has 1 unspecified atom stereocenters. The minimum Gasteiger partial charge on any atom is -0.468 e. The third kappa shape index (κ3) is 1.69. The summed E-state index contributed by atoms with van der Waals surface area (Å²) < 4.78 is 4.71. The third-order valence-electron chi connectivity index (χ3n) is 3.30. The number of ether oxygens (including phenoxy) is 1. The first-order chi connectivity index (χ1) is 7.98. The minimum atomic E-state index is -0.803. The van der Waals surface area contributed by atoms with Crippen molar-refractivity contribution in [2.45, 2.75) is 19.3 Å². The van der Waals surface area contributed by atoms with Gasteiger partial charge in [0.1, 0.15) is 5.92 Å². The monoisotopic (exact) mass is 233 g/mol. The predicted molar refractivity (Wildman–Crippen MR) is 63.6 cm³/mol. The molecule has 0 aliphatic carbocycles. The molecule has 90 valence electrons. The highest BCUT2D eigenvalue weighted by atomic mass is 16.5. The second-order valence-electron chi connectivity index (χ2n) is 4.71. The zero-order valence-corrected chi connectivity index (χ0v) is 10.1. The lowest BCUT2D eigenvalue weighted by Crippen LogP contribution is -2.47. The van der Waals surface area contributed by atoms with Crippen molar-refractivity contribution in [3.63, 3.8) is 0 Å². The fourth-order valence-electron chi connectivity index (χ4n) is 2.36. The molecule has 0 saturated heterocycles. The third-order valence-corrected chi connectivity index (χ3v) is 3.30. The van der Waals surface area contributed by atoms with Gasteiger partial charge in [0.25, 0.3) is 0 Å². The van der Waals surface area contributed by atoms with Crippen LogP contribution in [0.15, 0.2) is 24.3 Å². The summed E-state index contributed by atoms with van der Waals surface area (Å²) in [4.78, 5) is 23.7. The van der Waals surface area contributed by atoms with E-state index in [4.69, 9.17) is 4.74 Å². The Morgan fingerprint density at radius 1 is 1.35 bits per heavy atom. The Bertz CT molecular complexity index is 479. The highest BCUT2D eigenvalue weighted by molar-refractivity contribution is 6.08. The van der Waals surface area contributed by atoms with Crippen LogP contribution in [0.5, 0.6) is 0 Å². The maximum absolute atomic E-state index is 12.0. The van der Waals surface area contributed by atoms with E-state index in [1.807, 2.05) is 38.1 Å². The lowest BCUT2D eigenvalue weighted by atomic mass is 9.70. The van der Waals surface area contributed by atoms with E-state index in [0.717, 1.165) is 11.3 Å². The van der Waals surface area contributed by atoms with Crippen molar-refractivity contribution < 1.29 is 14.3 Å². The van der Waals surface area contributed by atoms with Crippen LogP contribution in [0.25, 0.3) is 0 Å². The Hall–Kier alpha value is -1.84. The van der Waals surface area contributed by atoms with Gasteiger partial charge in [-0.2, -0.15) is 0 Å². The van der Waals surface area contributed by atoms with Gasteiger partial charge in [0.15, 0.2) is 0 Å². The van der Waals surface area contributed by atoms with Crippen LogP contribution in [-0.4, -0.2) is 19.0 Å². The predicted octanol–water partition coefficient (Wildman–Crippen LogP) is 1.71. The van der Waals surface area contributed by atoms with E-state index < -0.39 is 17.3 Å². The molecule has 0 aromatic heterocycles. The van der Waals surface area contributed by atoms with E-state index in [9.17, 15) is 9.59 Å². The highest BCUT2D eigenvalue weighted by Crippen LogP contribution is 2.41. The van der Waals surface area contributed by atoms with E-state index in [0.29, 0.717) is 0 Å². The lowest BCUT2D eigenvalue weighted by molar-refractivity contribution is -0.151. The number of rotatable bonds is 1. The topological polar surface area (TPSA) is 55.4 Å². The Morgan fingerprint density at radius 3 is 2.65 bits per heavy atom. The standard InChI is InChI=1S/C13H15NO3/c1-13(2)8-6-4-5-7-9(8)14-11(15)10(13)12(16)17-3/h4-7,10H,1-3H3,(H,14,15). The van der Waals surface area contributed by atoms with Crippen LogP contribution in [-0.2, 0) is 19.7 Å². The summed E-state index contributed by atoms with van der Waals surface area (Å²) in [7, 11) is 1.30. The first-order valence-electron chi connectivity index (χ1n) is 5.46. The zero-order chi connectivity index (χ0) is 12.6. The molecule has 1 amide bonds. The highest BCUT2D eigenvalue weighted by Gasteiger charge is 2.47. The summed E-state index contributed by atoms with van der Waals surface area (Å²) in [6.07, 6.45) is 0. The smallest absolute Gasteiger partial charge is 0.319 e. The van der Waals surface area contributed by atoms with Crippen molar-refractivity contribution in [1.29, 1.82) is 0 Å². The molecule has 17 heavy (non-hydrogen) atoms. The molecule has 4 heteroatoms. The molecule has 4 nitrogen and oxygen atoms in total. The fourth-order valence-corrected chi connectivity index (χ4v) is 2.36. The Morgan fingerprint density at radius 2 is 2.00 bits per heavy atom. The summed E-state index contributed by atoms with van der Waals surface area (Å²) in [5, 5.41) is 2.74. The van der Waals surface area contributed by atoms with Gasteiger partial charge in [-0.3, -0.25) is 9.59 Å². The van der Waals surface area contributed by atoms with Crippen molar-refractivity contribution >= 4 is 17.6 Å². The first kappa shape index (κ1) is 11.6. The van der Waals surface area contributed by atoms with Crippen LogP contribution in [0, 0.1) is 5.92 Å². The van der Waals surface area contributed by atoms with Crippen LogP contribution < -0.4 is 5.32 Å². The summed E-state index contributed by atoms with van der Waals surface area (Å²) >= 11 is 0.